The molecule has 0 saturated carbocycles. The van der Waals surface area contributed by atoms with Crippen LogP contribution in [-0.2, 0) is 6.54 Å². The Bertz CT molecular complexity index is 719. The average Bonchev–Trinajstić information content (AvgIpc) is 2.90. The smallest absolute Gasteiger partial charge is 0.261 e. The second-order valence-corrected chi connectivity index (χ2v) is 5.42. The van der Waals surface area contributed by atoms with Gasteiger partial charge in [0.25, 0.3) is 5.91 Å². The Kier molecular flexibility index (Phi) is 3.43. The van der Waals surface area contributed by atoms with Crippen LogP contribution in [0.5, 0.6) is 0 Å². The number of nitrogens with zero attached hydrogens (tertiary/aromatic N) is 1. The highest BCUT2D eigenvalue weighted by molar-refractivity contribution is 7.20. The molecule has 100 valence electrons. The average molecular weight is 286 g/mol. The number of rotatable bonds is 3. The molecule has 1 amide bonds. The van der Waals surface area contributed by atoms with Crippen molar-refractivity contribution in [3.63, 3.8) is 0 Å². The lowest BCUT2D eigenvalue weighted by Gasteiger charge is -2.03. The van der Waals surface area contributed by atoms with Crippen molar-refractivity contribution in [2.45, 2.75) is 6.54 Å². The topological polar surface area (TPSA) is 42.0 Å². The molecule has 3 aromatic rings. The first-order valence-corrected chi connectivity index (χ1v) is 6.90. The number of halogens is 1. The van der Waals surface area contributed by atoms with Gasteiger partial charge in [-0.1, -0.05) is 12.1 Å². The quantitative estimate of drug-likeness (QED) is 0.802. The van der Waals surface area contributed by atoms with Crippen molar-refractivity contribution in [1.29, 1.82) is 0 Å². The maximum absolute atomic E-state index is 12.8. The predicted octanol–water partition coefficient (Wildman–Crippen LogP) is 3.37. The summed E-state index contributed by atoms with van der Waals surface area (Å²) in [7, 11) is 0. The van der Waals surface area contributed by atoms with E-state index in [1.807, 2.05) is 12.1 Å². The van der Waals surface area contributed by atoms with Crippen molar-refractivity contribution < 1.29 is 9.18 Å². The second-order valence-electron chi connectivity index (χ2n) is 4.33. The van der Waals surface area contributed by atoms with Crippen molar-refractivity contribution in [1.82, 2.24) is 10.3 Å². The first-order chi connectivity index (χ1) is 9.72. The van der Waals surface area contributed by atoms with Gasteiger partial charge in [-0.25, -0.2) is 4.39 Å². The molecule has 0 bridgehead atoms. The van der Waals surface area contributed by atoms with Gasteiger partial charge in [-0.05, 0) is 35.2 Å². The van der Waals surface area contributed by atoms with Gasteiger partial charge < -0.3 is 5.32 Å². The minimum absolute atomic E-state index is 0.129. The number of benzene rings is 1. The Morgan fingerprint density at radius 2 is 2.05 bits per heavy atom. The van der Waals surface area contributed by atoms with Crippen molar-refractivity contribution in [2.24, 2.45) is 0 Å². The van der Waals surface area contributed by atoms with Gasteiger partial charge in [0.1, 0.15) is 5.82 Å². The number of pyridine rings is 1. The van der Waals surface area contributed by atoms with Gasteiger partial charge in [0, 0.05) is 18.9 Å². The Balaban J connectivity index is 1.71. The third kappa shape index (κ3) is 2.67. The van der Waals surface area contributed by atoms with E-state index >= 15 is 0 Å². The molecular weight excluding hydrogens is 275 g/mol. The third-order valence-electron chi connectivity index (χ3n) is 2.91. The molecule has 0 aliphatic carbocycles. The first-order valence-electron chi connectivity index (χ1n) is 6.08. The highest BCUT2D eigenvalue weighted by Gasteiger charge is 2.09. The summed E-state index contributed by atoms with van der Waals surface area (Å²) in [6, 6.07) is 9.80. The molecule has 2 aromatic heterocycles. The maximum Gasteiger partial charge on any atom is 0.261 e. The van der Waals surface area contributed by atoms with Gasteiger partial charge >= 0.3 is 0 Å². The van der Waals surface area contributed by atoms with Crippen molar-refractivity contribution in [3.05, 3.63) is 65.0 Å². The fourth-order valence-electron chi connectivity index (χ4n) is 1.87. The zero-order chi connectivity index (χ0) is 13.9. The zero-order valence-electron chi connectivity index (χ0n) is 10.5. The summed E-state index contributed by atoms with van der Waals surface area (Å²) in [5.74, 6) is -0.410. The van der Waals surface area contributed by atoms with E-state index in [2.05, 4.69) is 10.3 Å². The number of aromatic nitrogens is 1. The molecule has 0 spiro atoms. The normalized spacial score (nSPS) is 10.7. The molecule has 0 fully saturated rings. The van der Waals surface area contributed by atoms with Gasteiger partial charge in [-0.3, -0.25) is 9.78 Å². The summed E-state index contributed by atoms with van der Waals surface area (Å²) >= 11 is 1.41. The summed E-state index contributed by atoms with van der Waals surface area (Å²) in [5, 5.41) is 3.84. The van der Waals surface area contributed by atoms with Crippen molar-refractivity contribution >= 4 is 27.3 Å². The van der Waals surface area contributed by atoms with Crippen LogP contribution < -0.4 is 5.32 Å². The summed E-state index contributed by atoms with van der Waals surface area (Å²) in [4.78, 5) is 16.7. The fraction of sp³-hybridized carbons (Fsp3) is 0.0667. The van der Waals surface area contributed by atoms with Crippen LogP contribution in [-0.4, -0.2) is 10.9 Å². The number of amides is 1. The van der Waals surface area contributed by atoms with Gasteiger partial charge in [0.15, 0.2) is 0 Å². The van der Waals surface area contributed by atoms with E-state index in [1.54, 1.807) is 24.5 Å². The molecule has 20 heavy (non-hydrogen) atoms. The molecule has 0 aliphatic heterocycles. The van der Waals surface area contributed by atoms with Gasteiger partial charge in [-0.2, -0.15) is 0 Å². The predicted molar refractivity (Wildman–Crippen MR) is 77.2 cm³/mol. The van der Waals surface area contributed by atoms with E-state index in [-0.39, 0.29) is 11.7 Å². The molecule has 0 atom stereocenters. The summed E-state index contributed by atoms with van der Waals surface area (Å²) < 4.78 is 13.8. The molecule has 0 radical (unpaired) electrons. The van der Waals surface area contributed by atoms with E-state index in [0.717, 1.165) is 15.6 Å². The van der Waals surface area contributed by atoms with Crippen molar-refractivity contribution in [2.75, 3.05) is 0 Å². The summed E-state index contributed by atoms with van der Waals surface area (Å²) in [6.07, 6.45) is 3.45. The van der Waals surface area contributed by atoms with E-state index in [1.165, 1.54) is 23.5 Å². The van der Waals surface area contributed by atoms with Crippen LogP contribution in [0.1, 0.15) is 15.2 Å². The molecule has 3 nitrogen and oxygen atoms in total. The van der Waals surface area contributed by atoms with Crippen LogP contribution >= 0.6 is 11.3 Å². The van der Waals surface area contributed by atoms with E-state index in [9.17, 15) is 9.18 Å². The molecule has 1 N–H and O–H groups in total. The van der Waals surface area contributed by atoms with Crippen LogP contribution in [0.2, 0.25) is 0 Å². The Morgan fingerprint density at radius 3 is 2.80 bits per heavy atom. The molecule has 1 aromatic carbocycles. The Labute approximate surface area is 119 Å². The number of hydrogen-bond donors (Lipinski definition) is 1. The fourth-order valence-corrected chi connectivity index (χ4v) is 2.81. The third-order valence-corrected chi connectivity index (χ3v) is 4.00. The highest BCUT2D eigenvalue weighted by Crippen LogP contribution is 2.24. The number of hydrogen-bond acceptors (Lipinski definition) is 3. The molecule has 0 saturated heterocycles. The van der Waals surface area contributed by atoms with E-state index in [0.29, 0.717) is 11.4 Å². The van der Waals surface area contributed by atoms with Crippen LogP contribution in [0, 0.1) is 5.82 Å². The van der Waals surface area contributed by atoms with Gasteiger partial charge in [0.2, 0.25) is 0 Å². The molecule has 2 heterocycles. The van der Waals surface area contributed by atoms with Crippen molar-refractivity contribution in [3.8, 4) is 0 Å². The van der Waals surface area contributed by atoms with Gasteiger partial charge in [-0.15, -0.1) is 11.3 Å². The Morgan fingerprint density at radius 1 is 1.25 bits per heavy atom. The lowest BCUT2D eigenvalue weighted by molar-refractivity contribution is 0.0955. The van der Waals surface area contributed by atoms with Crippen LogP contribution in [0.4, 0.5) is 4.39 Å². The largest absolute Gasteiger partial charge is 0.347 e. The molecular formula is C15H11FN2OS. The number of thiophene rings is 1. The number of carbonyl (C=O) groups excluding carboxylic acids is 1. The highest BCUT2D eigenvalue weighted by atomic mass is 32.1. The lowest BCUT2D eigenvalue weighted by atomic mass is 10.2. The number of carbonyl (C=O) groups is 1. The van der Waals surface area contributed by atoms with E-state index < -0.39 is 0 Å². The molecule has 5 heteroatoms. The summed E-state index contributed by atoms with van der Waals surface area (Å²) in [5.41, 5.74) is 0.863. The second kappa shape index (κ2) is 5.38. The van der Waals surface area contributed by atoms with Gasteiger partial charge in [0.05, 0.1) is 9.58 Å². The minimum atomic E-state index is -0.280. The SMILES string of the molecule is O=C(NCc1ccc(F)cc1)c1cc2ccncc2s1. The molecule has 3 rings (SSSR count). The monoisotopic (exact) mass is 286 g/mol. The standard InChI is InChI=1S/C15H11FN2OS/c16-12-3-1-10(2-4-12)8-18-15(19)13-7-11-5-6-17-9-14(11)20-13/h1-7,9H,8H2,(H,18,19). The van der Waals surface area contributed by atoms with Crippen LogP contribution in [0.3, 0.4) is 0 Å². The Hall–Kier alpha value is -2.27. The minimum Gasteiger partial charge on any atom is -0.347 e. The summed E-state index contributed by atoms with van der Waals surface area (Å²) in [6.45, 7) is 0.381. The first kappa shape index (κ1) is 12.7. The lowest BCUT2D eigenvalue weighted by Crippen LogP contribution is -2.21. The maximum atomic E-state index is 12.8. The zero-order valence-corrected chi connectivity index (χ0v) is 11.3. The number of nitrogens with one attached hydrogen (secondary N) is 1. The van der Waals surface area contributed by atoms with Crippen LogP contribution in [0.25, 0.3) is 10.1 Å². The van der Waals surface area contributed by atoms with Crippen LogP contribution in [0.15, 0.2) is 48.8 Å². The molecule has 0 unspecified atom stereocenters. The molecule has 0 aliphatic rings. The number of fused-ring (bicyclic) bond motifs is 1. The van der Waals surface area contributed by atoms with E-state index in [4.69, 9.17) is 0 Å².